The van der Waals surface area contributed by atoms with E-state index in [0.29, 0.717) is 30.3 Å². The van der Waals surface area contributed by atoms with Crippen LogP contribution in [0.2, 0.25) is 5.02 Å². The molecule has 0 aromatic heterocycles. The molecule has 200 valence electrons. The quantitative estimate of drug-likeness (QED) is 0.392. The van der Waals surface area contributed by atoms with Crippen LogP contribution >= 0.6 is 11.6 Å². The van der Waals surface area contributed by atoms with Crippen LogP contribution in [0.3, 0.4) is 0 Å². The number of alkyl halides is 3. The molecule has 1 aliphatic carbocycles. The van der Waals surface area contributed by atoms with Crippen molar-refractivity contribution < 1.29 is 18.0 Å². The molecule has 0 bridgehead atoms. The minimum Gasteiger partial charge on any atom is -0.369 e. The molecule has 3 aromatic rings. The molecule has 38 heavy (non-hydrogen) atoms. The Kier molecular flexibility index (Phi) is 7.68. The second-order valence-corrected chi connectivity index (χ2v) is 10.6. The van der Waals surface area contributed by atoms with Crippen LogP contribution in [0.15, 0.2) is 78.9 Å². The number of rotatable bonds is 8. The van der Waals surface area contributed by atoms with Crippen LogP contribution in [0.1, 0.15) is 23.1 Å². The van der Waals surface area contributed by atoms with Gasteiger partial charge in [-0.2, -0.15) is 13.2 Å². The normalized spacial score (nSPS) is 21.8. The summed E-state index contributed by atoms with van der Waals surface area (Å²) < 4.78 is 39.4. The molecule has 1 saturated heterocycles. The average molecular weight is 542 g/mol. The standard InChI is InChI=1S/C30H31ClF3N3O/c31-26-11-9-23(10-12-26)29(28(38)35-14-13-22-5-2-1-3-6-22)20-25(29)21-36-15-17-37(18-16-36)27-8-4-7-24(19-27)30(32,33)34/h1-12,19,25H,13-18,20-21H2,(H,35,38). The van der Waals surface area contributed by atoms with Crippen molar-refractivity contribution in [1.29, 1.82) is 0 Å². The maximum atomic E-state index is 13.5. The molecule has 1 heterocycles. The van der Waals surface area contributed by atoms with E-state index >= 15 is 0 Å². The predicted molar refractivity (Wildman–Crippen MR) is 144 cm³/mol. The van der Waals surface area contributed by atoms with E-state index in [1.54, 1.807) is 6.07 Å². The Bertz CT molecular complexity index is 1240. The zero-order chi connectivity index (χ0) is 26.8. The van der Waals surface area contributed by atoms with E-state index in [0.717, 1.165) is 44.1 Å². The highest BCUT2D eigenvalue weighted by molar-refractivity contribution is 6.30. The van der Waals surface area contributed by atoms with Crippen molar-refractivity contribution in [1.82, 2.24) is 10.2 Å². The number of anilines is 1. The van der Waals surface area contributed by atoms with E-state index in [1.807, 2.05) is 47.4 Å². The number of benzene rings is 3. The molecule has 2 atom stereocenters. The first-order chi connectivity index (χ1) is 18.3. The van der Waals surface area contributed by atoms with Crippen LogP contribution in [0, 0.1) is 5.92 Å². The molecule has 4 nitrogen and oxygen atoms in total. The third kappa shape index (κ3) is 5.84. The van der Waals surface area contributed by atoms with Gasteiger partial charge in [0.1, 0.15) is 0 Å². The molecule has 2 fully saturated rings. The van der Waals surface area contributed by atoms with Gasteiger partial charge < -0.3 is 10.2 Å². The summed E-state index contributed by atoms with van der Waals surface area (Å²) in [7, 11) is 0. The molecule has 0 radical (unpaired) electrons. The van der Waals surface area contributed by atoms with Gasteiger partial charge in [0.15, 0.2) is 0 Å². The fourth-order valence-corrected chi connectivity index (χ4v) is 5.69. The molecule has 2 unspecified atom stereocenters. The fourth-order valence-electron chi connectivity index (χ4n) is 5.56. The van der Waals surface area contributed by atoms with Crippen LogP contribution in [-0.2, 0) is 22.8 Å². The first-order valence-electron chi connectivity index (χ1n) is 13.0. The highest BCUT2D eigenvalue weighted by atomic mass is 35.5. The van der Waals surface area contributed by atoms with E-state index in [1.165, 1.54) is 17.7 Å². The summed E-state index contributed by atoms with van der Waals surface area (Å²) in [5.41, 5.74) is 1.55. The van der Waals surface area contributed by atoms with Gasteiger partial charge in [0, 0.05) is 50.0 Å². The Morgan fingerprint density at radius 3 is 2.34 bits per heavy atom. The van der Waals surface area contributed by atoms with E-state index in [4.69, 9.17) is 11.6 Å². The number of piperazine rings is 1. The fraction of sp³-hybridized carbons (Fsp3) is 0.367. The van der Waals surface area contributed by atoms with Gasteiger partial charge in [-0.05, 0) is 60.2 Å². The summed E-state index contributed by atoms with van der Waals surface area (Å²) in [6.45, 7) is 4.10. The highest BCUT2D eigenvalue weighted by Crippen LogP contribution is 2.55. The summed E-state index contributed by atoms with van der Waals surface area (Å²) in [5, 5.41) is 3.81. The SMILES string of the molecule is O=C(NCCc1ccccc1)C1(c2ccc(Cl)cc2)CC1CN1CCN(c2cccc(C(F)(F)F)c2)CC1. The third-order valence-electron chi connectivity index (χ3n) is 7.80. The number of hydrogen-bond acceptors (Lipinski definition) is 3. The predicted octanol–water partition coefficient (Wildman–Crippen LogP) is 5.80. The van der Waals surface area contributed by atoms with Gasteiger partial charge in [-0.3, -0.25) is 9.69 Å². The Morgan fingerprint density at radius 1 is 0.947 bits per heavy atom. The van der Waals surface area contributed by atoms with Gasteiger partial charge in [-0.1, -0.05) is 60.1 Å². The van der Waals surface area contributed by atoms with E-state index in [-0.39, 0.29) is 11.8 Å². The van der Waals surface area contributed by atoms with E-state index in [2.05, 4.69) is 22.3 Å². The minimum absolute atomic E-state index is 0.0448. The smallest absolute Gasteiger partial charge is 0.369 e. The number of nitrogens with one attached hydrogen (secondary N) is 1. The lowest BCUT2D eigenvalue weighted by atomic mass is 9.91. The summed E-state index contributed by atoms with van der Waals surface area (Å²) in [6.07, 6.45) is -2.82. The molecule has 1 saturated carbocycles. The Labute approximate surface area is 226 Å². The number of carbonyl (C=O) groups is 1. The summed E-state index contributed by atoms with van der Waals surface area (Å²) >= 11 is 6.13. The maximum Gasteiger partial charge on any atom is 0.416 e. The van der Waals surface area contributed by atoms with Crippen LogP contribution in [0.5, 0.6) is 0 Å². The number of carbonyl (C=O) groups excluding carboxylic acids is 1. The molecule has 8 heteroatoms. The maximum absolute atomic E-state index is 13.5. The first kappa shape index (κ1) is 26.6. The Balaban J connectivity index is 1.21. The van der Waals surface area contributed by atoms with Crippen molar-refractivity contribution in [2.45, 2.75) is 24.4 Å². The number of amides is 1. The average Bonchev–Trinajstić information content (AvgIpc) is 3.64. The van der Waals surface area contributed by atoms with Gasteiger partial charge in [0.05, 0.1) is 11.0 Å². The van der Waals surface area contributed by atoms with Crippen molar-refractivity contribution in [3.05, 3.63) is 101 Å². The van der Waals surface area contributed by atoms with Crippen molar-refractivity contribution in [2.24, 2.45) is 5.92 Å². The third-order valence-corrected chi connectivity index (χ3v) is 8.05. The lowest BCUT2D eigenvalue weighted by Gasteiger charge is -2.36. The second-order valence-electron chi connectivity index (χ2n) is 10.2. The molecule has 2 aliphatic rings. The van der Waals surface area contributed by atoms with Crippen LogP contribution < -0.4 is 10.2 Å². The summed E-state index contributed by atoms with van der Waals surface area (Å²) in [5.74, 6) is 0.212. The van der Waals surface area contributed by atoms with Gasteiger partial charge in [0.25, 0.3) is 0 Å². The van der Waals surface area contributed by atoms with Gasteiger partial charge >= 0.3 is 6.18 Å². The van der Waals surface area contributed by atoms with Gasteiger partial charge in [-0.25, -0.2) is 0 Å². The summed E-state index contributed by atoms with van der Waals surface area (Å²) in [4.78, 5) is 17.9. The number of halogens is 4. The molecule has 1 aliphatic heterocycles. The van der Waals surface area contributed by atoms with Crippen molar-refractivity contribution in [3.63, 3.8) is 0 Å². The highest BCUT2D eigenvalue weighted by Gasteiger charge is 2.61. The monoisotopic (exact) mass is 541 g/mol. The number of nitrogens with zero attached hydrogens (tertiary/aromatic N) is 2. The molecule has 3 aromatic carbocycles. The van der Waals surface area contributed by atoms with Crippen molar-refractivity contribution in [3.8, 4) is 0 Å². The van der Waals surface area contributed by atoms with Gasteiger partial charge in [0.2, 0.25) is 5.91 Å². The second kappa shape index (κ2) is 11.0. The zero-order valence-electron chi connectivity index (χ0n) is 21.1. The molecular weight excluding hydrogens is 511 g/mol. The van der Waals surface area contributed by atoms with Crippen LogP contribution in [0.25, 0.3) is 0 Å². The molecular formula is C30H31ClF3N3O. The first-order valence-corrected chi connectivity index (χ1v) is 13.4. The molecule has 5 rings (SSSR count). The van der Waals surface area contributed by atoms with E-state index in [9.17, 15) is 18.0 Å². The van der Waals surface area contributed by atoms with Crippen LogP contribution in [-0.4, -0.2) is 50.1 Å². The van der Waals surface area contributed by atoms with Crippen molar-refractivity contribution >= 4 is 23.2 Å². The topological polar surface area (TPSA) is 35.6 Å². The number of hydrogen-bond donors (Lipinski definition) is 1. The Morgan fingerprint density at radius 2 is 1.66 bits per heavy atom. The minimum atomic E-state index is -4.35. The molecule has 1 N–H and O–H groups in total. The van der Waals surface area contributed by atoms with Crippen molar-refractivity contribution in [2.75, 3.05) is 44.2 Å². The Hall–Kier alpha value is -3.03. The molecule has 1 amide bonds. The largest absolute Gasteiger partial charge is 0.416 e. The molecule has 0 spiro atoms. The van der Waals surface area contributed by atoms with Crippen LogP contribution in [0.4, 0.5) is 18.9 Å². The lowest BCUT2D eigenvalue weighted by molar-refractivity contribution is -0.137. The zero-order valence-corrected chi connectivity index (χ0v) is 21.8. The van der Waals surface area contributed by atoms with Gasteiger partial charge in [-0.15, -0.1) is 0 Å². The van der Waals surface area contributed by atoms with E-state index < -0.39 is 17.2 Å². The summed E-state index contributed by atoms with van der Waals surface area (Å²) in [6, 6.07) is 23.2. The lowest BCUT2D eigenvalue weighted by Crippen LogP contribution is -2.48.